The van der Waals surface area contributed by atoms with Crippen LogP contribution >= 0.6 is 0 Å². The van der Waals surface area contributed by atoms with Gasteiger partial charge in [0, 0.05) is 37.0 Å². The molecule has 0 bridgehead atoms. The van der Waals surface area contributed by atoms with Gasteiger partial charge in [-0.1, -0.05) is 43.5 Å². The number of carbonyl (C=O) groups excluding carboxylic acids is 1. The van der Waals surface area contributed by atoms with Crippen LogP contribution in [-0.2, 0) is 0 Å². The molecule has 1 amide bonds. The van der Waals surface area contributed by atoms with E-state index >= 15 is 0 Å². The van der Waals surface area contributed by atoms with Gasteiger partial charge in [0.1, 0.15) is 11.6 Å². The lowest BCUT2D eigenvalue weighted by molar-refractivity contribution is 0.0669. The van der Waals surface area contributed by atoms with Gasteiger partial charge in [-0.25, -0.2) is 9.38 Å². The molecule has 6 rings (SSSR count). The molecule has 1 atom stereocenters. The van der Waals surface area contributed by atoms with Gasteiger partial charge in [-0.2, -0.15) is 0 Å². The van der Waals surface area contributed by atoms with Crippen LogP contribution < -0.4 is 9.64 Å². The highest BCUT2D eigenvalue weighted by molar-refractivity contribution is 5.97. The quantitative estimate of drug-likeness (QED) is 0.419. The second-order valence-corrected chi connectivity index (χ2v) is 9.97. The highest BCUT2D eigenvalue weighted by atomic mass is 16.5. The Morgan fingerprint density at radius 3 is 2.56 bits per heavy atom. The molecule has 36 heavy (non-hydrogen) atoms. The van der Waals surface area contributed by atoms with Gasteiger partial charge < -0.3 is 14.5 Å². The molecule has 3 heterocycles. The minimum absolute atomic E-state index is 0.00316. The summed E-state index contributed by atoms with van der Waals surface area (Å²) in [7, 11) is 1.60. The van der Waals surface area contributed by atoms with Crippen LogP contribution in [0.4, 0.5) is 5.95 Å². The van der Waals surface area contributed by atoms with Crippen molar-refractivity contribution >= 4 is 28.4 Å². The molecule has 1 saturated heterocycles. The van der Waals surface area contributed by atoms with E-state index in [1.807, 2.05) is 47.4 Å². The summed E-state index contributed by atoms with van der Waals surface area (Å²) in [5.41, 5.74) is 2.39. The van der Waals surface area contributed by atoms with Gasteiger partial charge in [-0.05, 0) is 44.0 Å². The first-order valence-corrected chi connectivity index (χ1v) is 13.0. The smallest absolute Gasteiger partial charge is 0.257 e. The van der Waals surface area contributed by atoms with Crippen molar-refractivity contribution < 1.29 is 9.53 Å². The van der Waals surface area contributed by atoms with Crippen LogP contribution in [0.1, 0.15) is 61.1 Å². The molecular formula is C28H32N6O2. The Bertz CT molecular complexity index is 1410. The third-order valence-corrected chi connectivity index (χ3v) is 7.73. The first kappa shape index (κ1) is 22.8. The third kappa shape index (κ3) is 3.85. The number of para-hydroxylation sites is 2. The molecule has 2 aromatic heterocycles. The number of rotatable bonds is 4. The fraction of sp³-hybridized carbons (Fsp3) is 0.429. The number of hydrogen-bond donors (Lipinski definition) is 0. The Balaban J connectivity index is 1.36. The Kier molecular flexibility index (Phi) is 5.95. The minimum atomic E-state index is 0.00316. The van der Waals surface area contributed by atoms with Crippen molar-refractivity contribution in [2.45, 2.75) is 51.0 Å². The summed E-state index contributed by atoms with van der Waals surface area (Å²) in [5, 5.41) is 10.4. The van der Waals surface area contributed by atoms with Crippen molar-refractivity contribution in [3.8, 4) is 5.75 Å². The fourth-order valence-corrected chi connectivity index (χ4v) is 5.84. The maximum absolute atomic E-state index is 13.4. The van der Waals surface area contributed by atoms with E-state index < -0.39 is 0 Å². The lowest BCUT2D eigenvalue weighted by Gasteiger charge is -2.40. The average molecular weight is 485 g/mol. The maximum Gasteiger partial charge on any atom is 0.257 e. The van der Waals surface area contributed by atoms with Crippen LogP contribution in [0.25, 0.3) is 16.6 Å². The van der Waals surface area contributed by atoms with E-state index in [9.17, 15) is 4.79 Å². The first-order valence-electron chi connectivity index (χ1n) is 13.0. The number of fused-ring (bicyclic) bond motifs is 3. The summed E-state index contributed by atoms with van der Waals surface area (Å²) in [6.45, 7) is 4.08. The van der Waals surface area contributed by atoms with Crippen LogP contribution in [0, 0.1) is 0 Å². The summed E-state index contributed by atoms with van der Waals surface area (Å²) in [4.78, 5) is 22.8. The van der Waals surface area contributed by atoms with Crippen molar-refractivity contribution in [1.82, 2.24) is 24.5 Å². The number of carbonyl (C=O) groups is 1. The van der Waals surface area contributed by atoms with Crippen LogP contribution in [0.2, 0.25) is 0 Å². The number of piperazine rings is 1. The van der Waals surface area contributed by atoms with E-state index in [-0.39, 0.29) is 11.9 Å². The van der Waals surface area contributed by atoms with Crippen molar-refractivity contribution in [3.05, 3.63) is 59.9 Å². The predicted octanol–water partition coefficient (Wildman–Crippen LogP) is 4.68. The van der Waals surface area contributed by atoms with E-state index in [4.69, 9.17) is 14.8 Å². The van der Waals surface area contributed by atoms with Gasteiger partial charge in [0.05, 0.1) is 18.2 Å². The first-order chi connectivity index (χ1) is 17.7. The zero-order valence-corrected chi connectivity index (χ0v) is 20.9. The fourth-order valence-electron chi connectivity index (χ4n) is 5.84. The highest BCUT2D eigenvalue weighted by Gasteiger charge is 2.32. The monoisotopic (exact) mass is 484 g/mol. The topological polar surface area (TPSA) is 75.9 Å². The molecule has 2 aliphatic rings. The normalized spacial score (nSPS) is 19.2. The molecule has 4 aromatic rings. The third-order valence-electron chi connectivity index (χ3n) is 7.73. The van der Waals surface area contributed by atoms with Crippen LogP contribution in [0.5, 0.6) is 5.75 Å². The Morgan fingerprint density at radius 1 is 0.972 bits per heavy atom. The Morgan fingerprint density at radius 2 is 1.75 bits per heavy atom. The van der Waals surface area contributed by atoms with Crippen molar-refractivity contribution in [3.63, 3.8) is 0 Å². The zero-order valence-electron chi connectivity index (χ0n) is 20.9. The van der Waals surface area contributed by atoms with E-state index in [1.165, 1.54) is 19.3 Å². The summed E-state index contributed by atoms with van der Waals surface area (Å²) < 4.78 is 7.65. The molecular weight excluding hydrogens is 452 g/mol. The summed E-state index contributed by atoms with van der Waals surface area (Å²) in [6.07, 6.45) is 6.05. The molecule has 2 fully saturated rings. The second kappa shape index (κ2) is 9.41. The largest absolute Gasteiger partial charge is 0.496 e. The maximum atomic E-state index is 13.4. The molecule has 0 radical (unpaired) electrons. The summed E-state index contributed by atoms with van der Waals surface area (Å²) >= 11 is 0. The van der Waals surface area contributed by atoms with Crippen LogP contribution in [-0.4, -0.2) is 63.2 Å². The number of nitrogens with zero attached hydrogens (tertiary/aromatic N) is 6. The van der Waals surface area contributed by atoms with Gasteiger partial charge in [0.15, 0.2) is 5.65 Å². The van der Waals surface area contributed by atoms with Gasteiger partial charge in [-0.3, -0.25) is 4.79 Å². The highest BCUT2D eigenvalue weighted by Crippen LogP contribution is 2.35. The Labute approximate surface area is 210 Å². The van der Waals surface area contributed by atoms with Gasteiger partial charge >= 0.3 is 0 Å². The minimum Gasteiger partial charge on any atom is -0.496 e. The number of hydrogen-bond acceptors (Lipinski definition) is 6. The number of ether oxygens (including phenoxy) is 1. The van der Waals surface area contributed by atoms with Crippen molar-refractivity contribution in [1.29, 1.82) is 0 Å². The van der Waals surface area contributed by atoms with Gasteiger partial charge in [0.2, 0.25) is 5.95 Å². The van der Waals surface area contributed by atoms with Crippen molar-refractivity contribution in [2.24, 2.45) is 0 Å². The summed E-state index contributed by atoms with van der Waals surface area (Å²) in [6, 6.07) is 15.6. The van der Waals surface area contributed by atoms with Crippen molar-refractivity contribution in [2.75, 3.05) is 31.6 Å². The van der Waals surface area contributed by atoms with Gasteiger partial charge in [-0.15, -0.1) is 10.2 Å². The molecule has 186 valence electrons. The number of benzene rings is 2. The SMILES string of the molecule is COc1ccccc1C(=O)N1CCN(c2nc3ccccc3c3nnc(C4CCCCC4)n23)C[C@@H]1C. The molecule has 0 unspecified atom stereocenters. The average Bonchev–Trinajstić information content (AvgIpc) is 3.38. The number of anilines is 1. The molecule has 1 saturated carbocycles. The van der Waals surface area contributed by atoms with Crippen LogP contribution in [0.15, 0.2) is 48.5 Å². The lowest BCUT2D eigenvalue weighted by atomic mass is 9.89. The molecule has 1 aliphatic heterocycles. The van der Waals surface area contributed by atoms with Gasteiger partial charge in [0.25, 0.3) is 5.91 Å². The molecule has 1 aliphatic carbocycles. The molecule has 8 nitrogen and oxygen atoms in total. The molecule has 8 heteroatoms. The molecule has 2 aromatic carbocycles. The number of amides is 1. The zero-order chi connectivity index (χ0) is 24.6. The van der Waals surface area contributed by atoms with E-state index in [2.05, 4.69) is 27.4 Å². The number of methoxy groups -OCH3 is 1. The van der Waals surface area contributed by atoms with Crippen LogP contribution in [0.3, 0.4) is 0 Å². The lowest BCUT2D eigenvalue weighted by Crippen LogP contribution is -2.54. The van der Waals surface area contributed by atoms with E-state index in [1.54, 1.807) is 7.11 Å². The second-order valence-electron chi connectivity index (χ2n) is 9.97. The van der Waals surface area contributed by atoms with E-state index in [0.717, 1.165) is 41.2 Å². The predicted molar refractivity (Wildman–Crippen MR) is 140 cm³/mol. The summed E-state index contributed by atoms with van der Waals surface area (Å²) in [5.74, 6) is 2.92. The standard InChI is InChI=1S/C28H32N6O2/c1-19-18-32(16-17-33(19)27(35)22-13-7-9-15-24(22)36-2)28-29-23-14-8-6-12-21(23)26-31-30-25(34(26)28)20-10-4-3-5-11-20/h6-9,12-15,19-20H,3-5,10-11,16-18H2,1-2H3/t19-/m0/s1. The van der Waals surface area contributed by atoms with E-state index in [0.29, 0.717) is 36.9 Å². The Hall–Kier alpha value is -3.68. The molecule has 0 N–H and O–H groups in total. The molecule has 0 spiro atoms. The number of aromatic nitrogens is 4.